The molecule has 0 aliphatic rings. The molecule has 1 N–H and O–H groups in total. The second kappa shape index (κ2) is 6.51. The van der Waals surface area contributed by atoms with Crippen LogP contribution in [0.3, 0.4) is 0 Å². The SMILES string of the molecule is CN(C)CCCNc1cc(Cl)c(F)cc1[N+](=O)[O-]. The van der Waals surface area contributed by atoms with Gasteiger partial charge in [0.05, 0.1) is 16.0 Å². The molecular weight excluding hydrogens is 261 g/mol. The highest BCUT2D eigenvalue weighted by atomic mass is 35.5. The molecule has 0 unspecified atom stereocenters. The Kier molecular flexibility index (Phi) is 5.30. The first-order chi connectivity index (χ1) is 8.41. The molecule has 0 bridgehead atoms. The van der Waals surface area contributed by atoms with Crippen molar-refractivity contribution in [2.75, 3.05) is 32.5 Å². The van der Waals surface area contributed by atoms with E-state index in [0.717, 1.165) is 19.0 Å². The number of nitrogens with one attached hydrogen (secondary N) is 1. The van der Waals surface area contributed by atoms with Crippen molar-refractivity contribution in [3.63, 3.8) is 0 Å². The highest BCUT2D eigenvalue weighted by Crippen LogP contribution is 2.30. The molecule has 0 aliphatic carbocycles. The van der Waals surface area contributed by atoms with E-state index in [1.54, 1.807) is 0 Å². The molecule has 18 heavy (non-hydrogen) atoms. The van der Waals surface area contributed by atoms with Gasteiger partial charge >= 0.3 is 0 Å². The smallest absolute Gasteiger partial charge is 0.295 e. The lowest BCUT2D eigenvalue weighted by Gasteiger charge is -2.11. The van der Waals surface area contributed by atoms with Crippen molar-refractivity contribution >= 4 is 23.0 Å². The third-order valence-corrected chi connectivity index (χ3v) is 2.62. The third kappa shape index (κ3) is 4.12. The second-order valence-corrected chi connectivity index (χ2v) is 4.53. The maximum Gasteiger partial charge on any atom is 0.295 e. The van der Waals surface area contributed by atoms with Crippen LogP contribution in [0.4, 0.5) is 15.8 Å². The number of hydrogen-bond acceptors (Lipinski definition) is 4. The van der Waals surface area contributed by atoms with Gasteiger partial charge in [0.15, 0.2) is 0 Å². The summed E-state index contributed by atoms with van der Waals surface area (Å²) in [7, 11) is 3.88. The van der Waals surface area contributed by atoms with Crippen LogP contribution in [0, 0.1) is 15.9 Å². The topological polar surface area (TPSA) is 58.4 Å². The monoisotopic (exact) mass is 275 g/mol. The molecule has 100 valence electrons. The summed E-state index contributed by atoms with van der Waals surface area (Å²) in [6.07, 6.45) is 0.819. The molecule has 7 heteroatoms. The van der Waals surface area contributed by atoms with Crippen molar-refractivity contribution in [2.45, 2.75) is 6.42 Å². The summed E-state index contributed by atoms with van der Waals surface area (Å²) in [6.45, 7) is 1.41. The van der Waals surface area contributed by atoms with Crippen LogP contribution in [0.25, 0.3) is 0 Å². The van der Waals surface area contributed by atoms with Crippen molar-refractivity contribution in [1.29, 1.82) is 0 Å². The fourth-order valence-electron chi connectivity index (χ4n) is 1.45. The number of anilines is 1. The number of halogens is 2. The maximum absolute atomic E-state index is 13.1. The predicted octanol–water partition coefficient (Wildman–Crippen LogP) is 2.75. The molecule has 0 saturated carbocycles. The van der Waals surface area contributed by atoms with E-state index in [9.17, 15) is 14.5 Å². The summed E-state index contributed by atoms with van der Waals surface area (Å²) in [5, 5.41) is 13.5. The largest absolute Gasteiger partial charge is 0.379 e. The molecule has 1 rings (SSSR count). The van der Waals surface area contributed by atoms with E-state index >= 15 is 0 Å². The zero-order valence-electron chi connectivity index (χ0n) is 10.2. The lowest BCUT2D eigenvalue weighted by Crippen LogP contribution is -2.16. The van der Waals surface area contributed by atoms with E-state index in [2.05, 4.69) is 5.32 Å². The van der Waals surface area contributed by atoms with Gasteiger partial charge < -0.3 is 10.2 Å². The van der Waals surface area contributed by atoms with Crippen LogP contribution < -0.4 is 5.32 Å². The van der Waals surface area contributed by atoms with Gasteiger partial charge in [0.1, 0.15) is 11.5 Å². The molecule has 1 aromatic carbocycles. The molecule has 0 aromatic heterocycles. The van der Waals surface area contributed by atoms with Gasteiger partial charge in [0.2, 0.25) is 0 Å². The number of nitro groups is 1. The molecule has 0 heterocycles. The molecular formula is C11H15ClFN3O2. The van der Waals surface area contributed by atoms with Crippen molar-refractivity contribution in [3.05, 3.63) is 33.1 Å². The molecule has 0 spiro atoms. The summed E-state index contributed by atoms with van der Waals surface area (Å²) in [4.78, 5) is 12.2. The van der Waals surface area contributed by atoms with Crippen LogP contribution in [0.5, 0.6) is 0 Å². The van der Waals surface area contributed by atoms with Gasteiger partial charge in [0.25, 0.3) is 5.69 Å². The Morgan fingerprint density at radius 1 is 1.50 bits per heavy atom. The quantitative estimate of drug-likeness (QED) is 0.493. The molecule has 0 amide bonds. The van der Waals surface area contributed by atoms with Gasteiger partial charge in [-0.15, -0.1) is 0 Å². The Morgan fingerprint density at radius 2 is 2.17 bits per heavy atom. The van der Waals surface area contributed by atoms with Crippen molar-refractivity contribution < 1.29 is 9.31 Å². The minimum Gasteiger partial charge on any atom is -0.379 e. The minimum absolute atomic E-state index is 0.129. The van der Waals surface area contributed by atoms with E-state index in [1.165, 1.54) is 6.07 Å². The highest BCUT2D eigenvalue weighted by Gasteiger charge is 2.17. The standard InChI is InChI=1S/C11H15ClFN3O2/c1-15(2)5-3-4-14-10-6-8(12)9(13)7-11(10)16(17)18/h6-7,14H,3-5H2,1-2H3. The van der Waals surface area contributed by atoms with Crippen LogP contribution in [-0.2, 0) is 0 Å². The van der Waals surface area contributed by atoms with Crippen LogP contribution in [0.2, 0.25) is 5.02 Å². The van der Waals surface area contributed by atoms with Crippen LogP contribution in [-0.4, -0.2) is 37.0 Å². The van der Waals surface area contributed by atoms with E-state index in [-0.39, 0.29) is 16.4 Å². The Morgan fingerprint density at radius 3 is 2.72 bits per heavy atom. The average molecular weight is 276 g/mol. The lowest BCUT2D eigenvalue weighted by atomic mass is 10.2. The molecule has 0 radical (unpaired) electrons. The van der Waals surface area contributed by atoms with Crippen molar-refractivity contribution in [2.24, 2.45) is 0 Å². The fraction of sp³-hybridized carbons (Fsp3) is 0.455. The van der Waals surface area contributed by atoms with Crippen molar-refractivity contribution in [1.82, 2.24) is 4.90 Å². The van der Waals surface area contributed by atoms with Gasteiger partial charge in [-0.25, -0.2) is 4.39 Å². The Balaban J connectivity index is 2.74. The Bertz CT molecular complexity index is 441. The molecule has 0 aliphatic heterocycles. The molecule has 5 nitrogen and oxygen atoms in total. The number of benzene rings is 1. The summed E-state index contributed by atoms with van der Waals surface area (Å²) in [6, 6.07) is 2.07. The first-order valence-electron chi connectivity index (χ1n) is 5.44. The average Bonchev–Trinajstić information content (AvgIpc) is 2.28. The fourth-order valence-corrected chi connectivity index (χ4v) is 1.61. The summed E-state index contributed by atoms with van der Waals surface area (Å²) >= 11 is 5.61. The number of nitrogens with zero attached hydrogens (tertiary/aromatic N) is 2. The van der Waals surface area contributed by atoms with Crippen LogP contribution in [0.1, 0.15) is 6.42 Å². The maximum atomic E-state index is 13.1. The van der Waals surface area contributed by atoms with Gasteiger partial charge in [0, 0.05) is 6.54 Å². The molecule has 1 aromatic rings. The minimum atomic E-state index is -0.790. The van der Waals surface area contributed by atoms with Crippen molar-refractivity contribution in [3.8, 4) is 0 Å². The van der Waals surface area contributed by atoms with E-state index in [4.69, 9.17) is 11.6 Å². The molecule has 0 atom stereocenters. The number of hydrogen-bond donors (Lipinski definition) is 1. The van der Waals surface area contributed by atoms with Gasteiger partial charge in [-0.3, -0.25) is 10.1 Å². The van der Waals surface area contributed by atoms with Gasteiger partial charge in [-0.05, 0) is 33.1 Å². The summed E-state index contributed by atoms with van der Waals surface area (Å²) in [5.41, 5.74) is -0.0630. The normalized spacial score (nSPS) is 10.7. The summed E-state index contributed by atoms with van der Waals surface area (Å²) < 4.78 is 13.1. The van der Waals surface area contributed by atoms with Crippen LogP contribution in [0.15, 0.2) is 12.1 Å². The van der Waals surface area contributed by atoms with E-state index in [1.807, 2.05) is 19.0 Å². The summed E-state index contributed by atoms with van der Waals surface area (Å²) in [5.74, 6) is -0.790. The predicted molar refractivity (Wildman–Crippen MR) is 69.7 cm³/mol. The molecule has 0 fully saturated rings. The number of nitro benzene ring substituents is 1. The third-order valence-electron chi connectivity index (χ3n) is 2.33. The number of rotatable bonds is 6. The second-order valence-electron chi connectivity index (χ2n) is 4.12. The zero-order valence-corrected chi connectivity index (χ0v) is 11.0. The van der Waals surface area contributed by atoms with E-state index < -0.39 is 10.7 Å². The Hall–Kier alpha value is -1.40. The lowest BCUT2D eigenvalue weighted by molar-refractivity contribution is -0.384. The van der Waals surface area contributed by atoms with Gasteiger partial charge in [-0.1, -0.05) is 11.6 Å². The Labute approximate surface area is 110 Å². The van der Waals surface area contributed by atoms with Crippen LogP contribution >= 0.6 is 11.6 Å². The van der Waals surface area contributed by atoms with Gasteiger partial charge in [-0.2, -0.15) is 0 Å². The molecule has 0 saturated heterocycles. The first kappa shape index (κ1) is 14.7. The van der Waals surface area contributed by atoms with E-state index in [0.29, 0.717) is 6.54 Å². The highest BCUT2D eigenvalue weighted by molar-refractivity contribution is 6.31. The first-order valence-corrected chi connectivity index (χ1v) is 5.81. The zero-order chi connectivity index (χ0) is 13.7.